The van der Waals surface area contributed by atoms with Gasteiger partial charge in [-0.1, -0.05) is 55.8 Å². The zero-order valence-electron chi connectivity index (χ0n) is 20.4. The predicted octanol–water partition coefficient (Wildman–Crippen LogP) is 4.82. The van der Waals surface area contributed by atoms with E-state index in [2.05, 4.69) is 53.1 Å². The van der Waals surface area contributed by atoms with E-state index >= 15 is 0 Å². The van der Waals surface area contributed by atoms with Crippen molar-refractivity contribution in [2.45, 2.75) is 64.0 Å². The van der Waals surface area contributed by atoms with Crippen LogP contribution in [0.2, 0.25) is 0 Å². The molecule has 3 saturated heterocycles. The highest BCUT2D eigenvalue weighted by atomic mass is 16.2. The van der Waals surface area contributed by atoms with Gasteiger partial charge in [-0.15, -0.1) is 0 Å². The van der Waals surface area contributed by atoms with Crippen molar-refractivity contribution in [2.24, 2.45) is 5.92 Å². The fourth-order valence-electron chi connectivity index (χ4n) is 6.23. The summed E-state index contributed by atoms with van der Waals surface area (Å²) in [6, 6.07) is 19.1. The lowest BCUT2D eigenvalue weighted by atomic mass is 9.93. The quantitative estimate of drug-likeness (QED) is 0.622. The molecule has 3 atom stereocenters. The molecule has 0 saturated carbocycles. The van der Waals surface area contributed by atoms with Gasteiger partial charge in [0.15, 0.2) is 0 Å². The summed E-state index contributed by atoms with van der Waals surface area (Å²) in [5.41, 5.74) is 3.43. The Kier molecular flexibility index (Phi) is 7.00. The minimum Gasteiger partial charge on any atom is -0.338 e. The average Bonchev–Trinajstić information content (AvgIpc) is 3.41. The van der Waals surface area contributed by atoms with Crippen molar-refractivity contribution < 1.29 is 9.59 Å². The fourth-order valence-corrected chi connectivity index (χ4v) is 6.23. The van der Waals surface area contributed by atoms with Crippen LogP contribution in [0.1, 0.15) is 62.5 Å². The van der Waals surface area contributed by atoms with Crippen LogP contribution in [0.5, 0.6) is 0 Å². The number of anilines is 1. The van der Waals surface area contributed by atoms with Gasteiger partial charge in [-0.05, 0) is 54.9 Å². The van der Waals surface area contributed by atoms with Gasteiger partial charge in [0, 0.05) is 50.9 Å². The third kappa shape index (κ3) is 4.76. The van der Waals surface area contributed by atoms with Crippen molar-refractivity contribution in [3.8, 4) is 0 Å². The van der Waals surface area contributed by atoms with Crippen LogP contribution in [-0.2, 0) is 16.1 Å². The number of carbonyl (C=O) groups excluding carboxylic acids is 2. The first-order valence-corrected chi connectivity index (χ1v) is 13.1. The van der Waals surface area contributed by atoms with Crippen molar-refractivity contribution in [1.29, 1.82) is 0 Å². The van der Waals surface area contributed by atoms with E-state index < -0.39 is 0 Å². The van der Waals surface area contributed by atoms with E-state index in [1.807, 2.05) is 23.1 Å². The van der Waals surface area contributed by atoms with Crippen molar-refractivity contribution >= 4 is 17.5 Å². The van der Waals surface area contributed by atoms with E-state index in [0.29, 0.717) is 24.3 Å². The average molecular weight is 460 g/mol. The maximum absolute atomic E-state index is 13.8. The topological polar surface area (TPSA) is 43.9 Å². The smallest absolute Gasteiger partial charge is 0.230 e. The Balaban J connectivity index is 1.27. The molecule has 0 bridgehead atoms. The van der Waals surface area contributed by atoms with Crippen LogP contribution in [0.4, 0.5) is 5.69 Å². The highest BCUT2D eigenvalue weighted by Crippen LogP contribution is 2.34. The third-order valence-corrected chi connectivity index (χ3v) is 8.03. The Hall–Kier alpha value is -2.66. The maximum Gasteiger partial charge on any atom is 0.230 e. The van der Waals surface area contributed by atoms with Crippen LogP contribution in [0, 0.1) is 5.92 Å². The van der Waals surface area contributed by atoms with Crippen LogP contribution >= 0.6 is 0 Å². The molecule has 0 unspecified atom stereocenters. The number of carbonyl (C=O) groups is 2. The highest BCUT2D eigenvalue weighted by molar-refractivity contribution is 5.95. The largest absolute Gasteiger partial charge is 0.338 e. The molecule has 0 aromatic heterocycles. The Morgan fingerprint density at radius 3 is 2.47 bits per heavy atom. The Labute approximate surface area is 203 Å². The van der Waals surface area contributed by atoms with Gasteiger partial charge < -0.3 is 9.80 Å². The lowest BCUT2D eigenvalue weighted by Gasteiger charge is -2.33. The van der Waals surface area contributed by atoms with E-state index in [1.54, 1.807) is 0 Å². The molecule has 180 valence electrons. The molecule has 5 nitrogen and oxygen atoms in total. The molecular weight excluding hydrogens is 422 g/mol. The minimum absolute atomic E-state index is 0.0464. The summed E-state index contributed by atoms with van der Waals surface area (Å²) < 4.78 is 0. The van der Waals surface area contributed by atoms with E-state index in [9.17, 15) is 9.59 Å². The first-order valence-electron chi connectivity index (χ1n) is 13.1. The van der Waals surface area contributed by atoms with Gasteiger partial charge in [0.2, 0.25) is 11.8 Å². The third-order valence-electron chi connectivity index (χ3n) is 8.03. The molecule has 3 fully saturated rings. The first kappa shape index (κ1) is 23.1. The molecule has 2 aromatic rings. The Morgan fingerprint density at radius 1 is 0.971 bits per heavy atom. The Bertz CT molecular complexity index is 990. The second kappa shape index (κ2) is 10.3. The van der Waals surface area contributed by atoms with Crippen LogP contribution in [0.15, 0.2) is 54.6 Å². The van der Waals surface area contributed by atoms with Gasteiger partial charge in [-0.2, -0.15) is 0 Å². The fraction of sp³-hybridized carbons (Fsp3) is 0.517. The number of hydrogen-bond acceptors (Lipinski definition) is 3. The summed E-state index contributed by atoms with van der Waals surface area (Å²) in [5, 5.41) is 0. The van der Waals surface area contributed by atoms with E-state index in [0.717, 1.165) is 63.2 Å². The zero-order valence-corrected chi connectivity index (χ0v) is 20.4. The number of amides is 2. The molecule has 0 aliphatic carbocycles. The molecule has 0 N–H and O–H groups in total. The van der Waals surface area contributed by atoms with Gasteiger partial charge in [-0.25, -0.2) is 0 Å². The molecule has 34 heavy (non-hydrogen) atoms. The minimum atomic E-state index is -0.0464. The molecule has 5 heteroatoms. The number of nitrogens with zero attached hydrogens (tertiary/aromatic N) is 3. The SMILES string of the molecule is CC[C@@H](C(=O)N1CCCC[C@H]2CN(Cc3ccc(N4CCCC4=O)cc3)C[C@H]21)c1ccccc1. The summed E-state index contributed by atoms with van der Waals surface area (Å²) in [7, 11) is 0. The second-order valence-corrected chi connectivity index (χ2v) is 10.2. The molecule has 0 spiro atoms. The first-order chi connectivity index (χ1) is 16.6. The number of hydrogen-bond donors (Lipinski definition) is 0. The molecule has 2 aromatic carbocycles. The zero-order chi connectivity index (χ0) is 23.5. The van der Waals surface area contributed by atoms with Crippen LogP contribution in [0.3, 0.4) is 0 Å². The molecular formula is C29H37N3O2. The summed E-state index contributed by atoms with van der Waals surface area (Å²) in [6.45, 7) is 6.76. The van der Waals surface area contributed by atoms with E-state index in [4.69, 9.17) is 0 Å². The van der Waals surface area contributed by atoms with Crippen LogP contribution in [-0.4, -0.2) is 53.8 Å². The second-order valence-electron chi connectivity index (χ2n) is 10.2. The predicted molar refractivity (Wildman–Crippen MR) is 136 cm³/mol. The maximum atomic E-state index is 13.8. The van der Waals surface area contributed by atoms with Crippen molar-refractivity contribution in [3.05, 3.63) is 65.7 Å². The van der Waals surface area contributed by atoms with Gasteiger partial charge in [0.25, 0.3) is 0 Å². The number of likely N-dealkylation sites (tertiary alicyclic amines) is 2. The van der Waals surface area contributed by atoms with Gasteiger partial charge in [0.05, 0.1) is 5.92 Å². The normalized spacial score (nSPS) is 24.2. The van der Waals surface area contributed by atoms with Crippen molar-refractivity contribution in [1.82, 2.24) is 9.80 Å². The van der Waals surface area contributed by atoms with Crippen LogP contribution < -0.4 is 4.90 Å². The molecule has 5 rings (SSSR count). The van der Waals surface area contributed by atoms with E-state index in [1.165, 1.54) is 18.4 Å². The summed E-state index contributed by atoms with van der Waals surface area (Å²) >= 11 is 0. The number of rotatable bonds is 6. The molecule has 3 aliphatic heterocycles. The van der Waals surface area contributed by atoms with Gasteiger partial charge >= 0.3 is 0 Å². The summed E-state index contributed by atoms with van der Waals surface area (Å²) in [5.74, 6) is 1.06. The lowest BCUT2D eigenvalue weighted by Crippen LogP contribution is -2.46. The molecule has 3 aliphatic rings. The molecule has 3 heterocycles. The number of benzene rings is 2. The van der Waals surface area contributed by atoms with Crippen LogP contribution in [0.25, 0.3) is 0 Å². The summed E-state index contributed by atoms with van der Waals surface area (Å²) in [4.78, 5) is 32.5. The number of fused-ring (bicyclic) bond motifs is 1. The Morgan fingerprint density at radius 2 is 1.76 bits per heavy atom. The molecule has 2 amide bonds. The standard InChI is InChI=1S/C29H37N3O2/c1-2-26(23-9-4-3-5-10-23)29(34)32-17-7-6-11-24-20-30(21-27(24)32)19-22-13-15-25(16-14-22)31-18-8-12-28(31)33/h3-5,9-10,13-16,24,26-27H,2,6-8,11-12,17-21H2,1H3/t24-,26+,27+/m0/s1. The van der Waals surface area contributed by atoms with E-state index in [-0.39, 0.29) is 11.8 Å². The monoisotopic (exact) mass is 459 g/mol. The highest BCUT2D eigenvalue weighted by Gasteiger charge is 2.41. The van der Waals surface area contributed by atoms with Crippen molar-refractivity contribution in [3.63, 3.8) is 0 Å². The van der Waals surface area contributed by atoms with Gasteiger partial charge in [-0.3, -0.25) is 14.5 Å². The van der Waals surface area contributed by atoms with Crippen molar-refractivity contribution in [2.75, 3.05) is 31.1 Å². The molecule has 0 radical (unpaired) electrons. The summed E-state index contributed by atoms with van der Waals surface area (Å²) in [6.07, 6.45) is 5.99. The van der Waals surface area contributed by atoms with Gasteiger partial charge in [0.1, 0.15) is 0 Å². The lowest BCUT2D eigenvalue weighted by molar-refractivity contribution is -0.135.